The van der Waals surface area contributed by atoms with Gasteiger partial charge in [-0.3, -0.25) is 9.36 Å². The Morgan fingerprint density at radius 2 is 2.04 bits per heavy atom. The van der Waals surface area contributed by atoms with Crippen LogP contribution in [-0.2, 0) is 17.0 Å². The van der Waals surface area contributed by atoms with E-state index < -0.39 is 0 Å². The minimum atomic E-state index is -0.0853. The molecule has 4 rings (SSSR count). The Balaban J connectivity index is 1.68. The number of hydrogen-bond acceptors (Lipinski definition) is 6. The number of ether oxygens (including phenoxy) is 1. The molecule has 0 N–H and O–H groups in total. The third kappa shape index (κ3) is 3.92. The molecular weight excluding hydrogens is 398 g/mol. The SMILES string of the molecule is COCCCn1c(SCc2nc3ccccc3o2)nc2cc(Cl)ccc2c1=O. The zero-order valence-electron chi connectivity index (χ0n) is 15.2. The highest BCUT2D eigenvalue weighted by atomic mass is 35.5. The molecule has 0 saturated heterocycles. The van der Waals surface area contributed by atoms with Crippen LogP contribution in [0, 0.1) is 0 Å². The van der Waals surface area contributed by atoms with E-state index in [-0.39, 0.29) is 5.56 Å². The number of methoxy groups -OCH3 is 1. The molecule has 0 saturated carbocycles. The van der Waals surface area contributed by atoms with Crippen molar-refractivity contribution in [2.45, 2.75) is 23.9 Å². The molecule has 0 aliphatic rings. The van der Waals surface area contributed by atoms with Crippen LogP contribution >= 0.6 is 23.4 Å². The van der Waals surface area contributed by atoms with Gasteiger partial charge in [0.25, 0.3) is 5.56 Å². The fourth-order valence-electron chi connectivity index (χ4n) is 2.96. The van der Waals surface area contributed by atoms with E-state index in [2.05, 4.69) is 9.97 Å². The van der Waals surface area contributed by atoms with E-state index in [4.69, 9.17) is 20.8 Å². The van der Waals surface area contributed by atoms with Crippen LogP contribution in [0.15, 0.2) is 56.8 Å². The average molecular weight is 416 g/mol. The number of aromatic nitrogens is 3. The lowest BCUT2D eigenvalue weighted by molar-refractivity contribution is 0.189. The summed E-state index contributed by atoms with van der Waals surface area (Å²) >= 11 is 7.51. The Kier molecular flexibility index (Phi) is 5.66. The van der Waals surface area contributed by atoms with Gasteiger partial charge in [0.15, 0.2) is 10.7 Å². The van der Waals surface area contributed by atoms with Crippen molar-refractivity contribution in [3.63, 3.8) is 0 Å². The molecule has 0 aliphatic heterocycles. The Morgan fingerprint density at radius 1 is 1.18 bits per heavy atom. The second-order valence-electron chi connectivity index (χ2n) is 6.22. The third-order valence-corrected chi connectivity index (χ3v) is 5.47. The Bertz CT molecular complexity index is 1160. The maximum absolute atomic E-state index is 13.0. The van der Waals surface area contributed by atoms with Crippen LogP contribution in [-0.4, -0.2) is 28.3 Å². The number of fused-ring (bicyclic) bond motifs is 2. The first kappa shape index (κ1) is 19.0. The normalized spacial score (nSPS) is 11.5. The Hall–Kier alpha value is -2.35. The van der Waals surface area contributed by atoms with Gasteiger partial charge in [-0.2, -0.15) is 0 Å². The van der Waals surface area contributed by atoms with E-state index in [1.807, 2.05) is 24.3 Å². The molecule has 0 aliphatic carbocycles. The first-order chi connectivity index (χ1) is 13.7. The van der Waals surface area contributed by atoms with Crippen molar-refractivity contribution in [3.05, 3.63) is 63.7 Å². The molecule has 2 aromatic heterocycles. The van der Waals surface area contributed by atoms with Crippen molar-refractivity contribution >= 4 is 45.4 Å². The number of hydrogen-bond donors (Lipinski definition) is 0. The van der Waals surface area contributed by atoms with E-state index in [1.54, 1.807) is 29.9 Å². The zero-order valence-corrected chi connectivity index (χ0v) is 16.8. The summed E-state index contributed by atoms with van der Waals surface area (Å²) in [5.41, 5.74) is 2.06. The van der Waals surface area contributed by atoms with Crippen LogP contribution in [0.25, 0.3) is 22.0 Å². The molecule has 0 atom stereocenters. The fraction of sp³-hybridized carbons (Fsp3) is 0.250. The quantitative estimate of drug-likeness (QED) is 0.251. The van der Waals surface area contributed by atoms with Gasteiger partial charge in [0.05, 0.1) is 16.7 Å². The molecule has 6 nitrogen and oxygen atoms in total. The number of oxazole rings is 1. The second kappa shape index (κ2) is 8.34. The van der Waals surface area contributed by atoms with E-state index in [0.29, 0.717) is 52.3 Å². The number of para-hydroxylation sites is 2. The lowest BCUT2D eigenvalue weighted by Crippen LogP contribution is -2.24. The summed E-state index contributed by atoms with van der Waals surface area (Å²) < 4.78 is 12.6. The highest BCUT2D eigenvalue weighted by Crippen LogP contribution is 2.25. The summed E-state index contributed by atoms with van der Waals surface area (Å²) in [6, 6.07) is 12.8. The van der Waals surface area contributed by atoms with Crippen molar-refractivity contribution in [2.24, 2.45) is 0 Å². The Morgan fingerprint density at radius 3 is 2.86 bits per heavy atom. The molecule has 2 heterocycles. The van der Waals surface area contributed by atoms with Gasteiger partial charge in [-0.25, -0.2) is 9.97 Å². The number of rotatable bonds is 7. The van der Waals surface area contributed by atoms with Crippen molar-refractivity contribution in [1.29, 1.82) is 0 Å². The van der Waals surface area contributed by atoms with Gasteiger partial charge in [0.1, 0.15) is 5.52 Å². The molecule has 2 aromatic carbocycles. The minimum Gasteiger partial charge on any atom is -0.440 e. The number of nitrogens with zero attached hydrogens (tertiary/aromatic N) is 3. The van der Waals surface area contributed by atoms with Gasteiger partial charge in [0.2, 0.25) is 5.89 Å². The van der Waals surface area contributed by atoms with E-state index in [9.17, 15) is 4.79 Å². The van der Waals surface area contributed by atoms with E-state index >= 15 is 0 Å². The van der Waals surface area contributed by atoms with E-state index in [1.165, 1.54) is 11.8 Å². The largest absolute Gasteiger partial charge is 0.440 e. The number of halogens is 1. The molecule has 0 unspecified atom stereocenters. The van der Waals surface area contributed by atoms with Gasteiger partial charge in [-0.05, 0) is 36.8 Å². The standard InChI is InChI=1S/C20H18ClN3O3S/c1-26-10-4-9-24-19(25)14-8-7-13(21)11-16(14)23-20(24)28-12-18-22-15-5-2-3-6-17(15)27-18/h2-3,5-8,11H,4,9-10,12H2,1H3. The molecule has 144 valence electrons. The monoisotopic (exact) mass is 415 g/mol. The third-order valence-electron chi connectivity index (χ3n) is 4.28. The number of benzene rings is 2. The predicted octanol–water partition coefficient (Wildman–Crippen LogP) is 4.52. The zero-order chi connectivity index (χ0) is 19.5. The van der Waals surface area contributed by atoms with Crippen molar-refractivity contribution in [3.8, 4) is 0 Å². The highest BCUT2D eigenvalue weighted by molar-refractivity contribution is 7.98. The lowest BCUT2D eigenvalue weighted by atomic mass is 10.2. The molecule has 0 bridgehead atoms. The first-order valence-corrected chi connectivity index (χ1v) is 10.2. The summed E-state index contributed by atoms with van der Waals surface area (Å²) in [6.45, 7) is 1.09. The average Bonchev–Trinajstić information content (AvgIpc) is 3.11. The minimum absolute atomic E-state index is 0.0853. The van der Waals surface area contributed by atoms with Gasteiger partial charge in [-0.1, -0.05) is 35.5 Å². The van der Waals surface area contributed by atoms with Gasteiger partial charge in [-0.15, -0.1) is 0 Å². The molecule has 4 aromatic rings. The van der Waals surface area contributed by atoms with Crippen LogP contribution in [0.3, 0.4) is 0 Å². The fourth-order valence-corrected chi connectivity index (χ4v) is 3.99. The van der Waals surface area contributed by atoms with Crippen molar-refractivity contribution in [1.82, 2.24) is 14.5 Å². The molecule has 0 amide bonds. The smallest absolute Gasteiger partial charge is 0.262 e. The summed E-state index contributed by atoms with van der Waals surface area (Å²) in [6.07, 6.45) is 0.716. The molecule has 8 heteroatoms. The number of thioether (sulfide) groups is 1. The topological polar surface area (TPSA) is 70.2 Å². The molecule has 0 spiro atoms. The summed E-state index contributed by atoms with van der Waals surface area (Å²) in [5, 5.41) is 1.71. The van der Waals surface area contributed by atoms with Gasteiger partial charge >= 0.3 is 0 Å². The van der Waals surface area contributed by atoms with Gasteiger partial charge < -0.3 is 9.15 Å². The molecule has 0 fully saturated rings. The van der Waals surface area contributed by atoms with Crippen LogP contribution in [0.4, 0.5) is 0 Å². The molecule has 28 heavy (non-hydrogen) atoms. The summed E-state index contributed by atoms with van der Waals surface area (Å²) in [4.78, 5) is 22.2. The lowest BCUT2D eigenvalue weighted by Gasteiger charge is -2.12. The Labute approximate surface area is 170 Å². The van der Waals surface area contributed by atoms with Crippen molar-refractivity contribution < 1.29 is 9.15 Å². The summed E-state index contributed by atoms with van der Waals surface area (Å²) in [7, 11) is 1.65. The van der Waals surface area contributed by atoms with Crippen LogP contribution in [0.1, 0.15) is 12.3 Å². The van der Waals surface area contributed by atoms with E-state index in [0.717, 1.165) is 11.1 Å². The van der Waals surface area contributed by atoms with Crippen molar-refractivity contribution in [2.75, 3.05) is 13.7 Å². The summed E-state index contributed by atoms with van der Waals surface area (Å²) in [5.74, 6) is 1.06. The van der Waals surface area contributed by atoms with Crippen LogP contribution in [0.5, 0.6) is 0 Å². The molecule has 0 radical (unpaired) electrons. The highest BCUT2D eigenvalue weighted by Gasteiger charge is 2.14. The maximum atomic E-state index is 13.0. The van der Waals surface area contributed by atoms with Crippen LogP contribution < -0.4 is 5.56 Å². The first-order valence-electron chi connectivity index (χ1n) is 8.82. The van der Waals surface area contributed by atoms with Gasteiger partial charge in [0, 0.05) is 25.3 Å². The maximum Gasteiger partial charge on any atom is 0.262 e. The second-order valence-corrected chi connectivity index (χ2v) is 7.60. The predicted molar refractivity (Wildman–Crippen MR) is 111 cm³/mol. The molecular formula is C20H18ClN3O3S. The van der Waals surface area contributed by atoms with Crippen LogP contribution in [0.2, 0.25) is 5.02 Å².